The van der Waals surface area contributed by atoms with Crippen molar-refractivity contribution in [2.24, 2.45) is 4.99 Å². The molecule has 0 saturated heterocycles. The van der Waals surface area contributed by atoms with Crippen molar-refractivity contribution in [2.45, 2.75) is 13.0 Å². The van der Waals surface area contributed by atoms with Gasteiger partial charge in [0.2, 0.25) is 0 Å². The zero-order valence-corrected chi connectivity index (χ0v) is 21.1. The van der Waals surface area contributed by atoms with Crippen LogP contribution in [-0.2, 0) is 13.0 Å². The summed E-state index contributed by atoms with van der Waals surface area (Å²) in [7, 11) is 4.92. The number of aromatic nitrogens is 1. The molecular weight excluding hydrogens is 538 g/mol. The maximum Gasteiger partial charge on any atom is 0.191 e. The topological polar surface area (TPSA) is 77.0 Å². The van der Waals surface area contributed by atoms with Gasteiger partial charge in [-0.3, -0.25) is 9.98 Å². The van der Waals surface area contributed by atoms with E-state index in [0.29, 0.717) is 36.3 Å². The van der Waals surface area contributed by atoms with E-state index in [1.165, 1.54) is 12.3 Å². The Hall–Kier alpha value is -3.08. The van der Waals surface area contributed by atoms with Gasteiger partial charge in [-0.05, 0) is 53.9 Å². The van der Waals surface area contributed by atoms with Crippen LogP contribution < -0.4 is 24.8 Å². The molecule has 0 spiro atoms. The van der Waals surface area contributed by atoms with Gasteiger partial charge in [0.15, 0.2) is 29.0 Å². The van der Waals surface area contributed by atoms with Crippen molar-refractivity contribution in [1.29, 1.82) is 0 Å². The van der Waals surface area contributed by atoms with Gasteiger partial charge in [0.1, 0.15) is 5.75 Å². The number of benzene rings is 2. The van der Waals surface area contributed by atoms with E-state index >= 15 is 0 Å². The minimum atomic E-state index is -0.440. The van der Waals surface area contributed by atoms with Gasteiger partial charge in [0.05, 0.1) is 20.4 Å². The first-order valence-electron chi connectivity index (χ1n) is 10.1. The quantitative estimate of drug-likeness (QED) is 0.225. The summed E-state index contributed by atoms with van der Waals surface area (Å²) in [5, 5.41) is 6.44. The molecule has 0 aliphatic heterocycles. The third-order valence-corrected chi connectivity index (χ3v) is 4.70. The lowest BCUT2D eigenvalue weighted by molar-refractivity contribution is 0.354. The van der Waals surface area contributed by atoms with Crippen LogP contribution in [0.5, 0.6) is 23.0 Å². The molecule has 1 heterocycles. The number of aliphatic imine (C=N–C) groups is 1. The van der Waals surface area contributed by atoms with Crippen LogP contribution in [0.3, 0.4) is 0 Å². The zero-order valence-electron chi connectivity index (χ0n) is 18.8. The Labute approximate surface area is 210 Å². The molecule has 2 aromatic carbocycles. The molecular formula is C24H28FIN4O3. The van der Waals surface area contributed by atoms with Crippen molar-refractivity contribution in [3.8, 4) is 23.0 Å². The van der Waals surface area contributed by atoms with E-state index in [-0.39, 0.29) is 29.7 Å². The fraction of sp³-hybridized carbons (Fsp3) is 0.250. The van der Waals surface area contributed by atoms with Crippen molar-refractivity contribution >= 4 is 29.9 Å². The number of methoxy groups -OCH3 is 2. The number of nitrogens with one attached hydrogen (secondary N) is 2. The van der Waals surface area contributed by atoms with Crippen molar-refractivity contribution < 1.29 is 18.6 Å². The van der Waals surface area contributed by atoms with Crippen molar-refractivity contribution in [1.82, 2.24) is 15.6 Å². The average Bonchev–Trinajstić information content (AvgIpc) is 2.83. The van der Waals surface area contributed by atoms with E-state index in [0.717, 1.165) is 17.5 Å². The Balaban J connectivity index is 0.00000385. The summed E-state index contributed by atoms with van der Waals surface area (Å²) in [4.78, 5) is 8.17. The van der Waals surface area contributed by atoms with E-state index in [9.17, 15) is 4.39 Å². The van der Waals surface area contributed by atoms with Gasteiger partial charge in [-0.15, -0.1) is 24.0 Å². The molecule has 0 aliphatic rings. The second kappa shape index (κ2) is 13.5. The molecule has 0 amide bonds. The van der Waals surface area contributed by atoms with Crippen LogP contribution in [-0.4, -0.2) is 38.8 Å². The third kappa shape index (κ3) is 7.77. The Morgan fingerprint density at radius 2 is 1.73 bits per heavy atom. The summed E-state index contributed by atoms with van der Waals surface area (Å²) in [6.45, 7) is 1.08. The molecule has 176 valence electrons. The lowest BCUT2D eigenvalue weighted by Crippen LogP contribution is -2.37. The van der Waals surface area contributed by atoms with E-state index in [4.69, 9.17) is 14.2 Å². The molecule has 9 heteroatoms. The highest BCUT2D eigenvalue weighted by Gasteiger charge is 2.08. The molecule has 0 unspecified atom stereocenters. The molecule has 0 radical (unpaired) electrons. The van der Waals surface area contributed by atoms with Gasteiger partial charge in [0.25, 0.3) is 0 Å². The Bertz CT molecular complexity index is 1050. The number of pyridine rings is 1. The second-order valence-corrected chi connectivity index (χ2v) is 6.85. The number of guanidine groups is 1. The lowest BCUT2D eigenvalue weighted by Gasteiger charge is -2.13. The highest BCUT2D eigenvalue weighted by molar-refractivity contribution is 14.0. The highest BCUT2D eigenvalue weighted by Crippen LogP contribution is 2.27. The number of nitrogens with zero attached hydrogens (tertiary/aromatic N) is 2. The Kier molecular flexibility index (Phi) is 10.7. The predicted octanol–water partition coefficient (Wildman–Crippen LogP) is 4.56. The fourth-order valence-electron chi connectivity index (χ4n) is 3.04. The zero-order chi connectivity index (χ0) is 22.8. The van der Waals surface area contributed by atoms with Crippen LogP contribution in [0.25, 0.3) is 0 Å². The van der Waals surface area contributed by atoms with Crippen LogP contribution in [0.4, 0.5) is 4.39 Å². The molecule has 3 aromatic rings. The fourth-order valence-corrected chi connectivity index (χ4v) is 3.04. The maximum absolute atomic E-state index is 14.4. The molecule has 0 atom stereocenters. The van der Waals surface area contributed by atoms with E-state index in [1.54, 1.807) is 51.7 Å². The number of hydrogen-bond acceptors (Lipinski definition) is 5. The van der Waals surface area contributed by atoms with Crippen LogP contribution >= 0.6 is 24.0 Å². The Morgan fingerprint density at radius 1 is 0.970 bits per heavy atom. The largest absolute Gasteiger partial charge is 0.493 e. The SMILES string of the molecule is CN=C(NCCc1ccc(OC)c(OC)c1)NCc1ccc(Oc2cccnc2)c(F)c1.I. The third-order valence-electron chi connectivity index (χ3n) is 4.70. The predicted molar refractivity (Wildman–Crippen MR) is 138 cm³/mol. The highest BCUT2D eigenvalue weighted by atomic mass is 127. The summed E-state index contributed by atoms with van der Waals surface area (Å²) in [6.07, 6.45) is 3.94. The van der Waals surface area contributed by atoms with Crippen molar-refractivity contribution in [2.75, 3.05) is 27.8 Å². The maximum atomic E-state index is 14.4. The van der Waals surface area contributed by atoms with Gasteiger partial charge in [0, 0.05) is 26.3 Å². The number of rotatable bonds is 9. The van der Waals surface area contributed by atoms with Crippen LogP contribution in [0.15, 0.2) is 65.9 Å². The van der Waals surface area contributed by atoms with Gasteiger partial charge in [-0.25, -0.2) is 4.39 Å². The molecule has 3 rings (SSSR count). The first-order chi connectivity index (χ1) is 15.6. The summed E-state index contributed by atoms with van der Waals surface area (Å²) in [5.41, 5.74) is 1.88. The van der Waals surface area contributed by atoms with E-state index in [2.05, 4.69) is 20.6 Å². The standard InChI is InChI=1S/C24H27FN4O3.HI/c1-26-24(28-12-10-17-6-9-22(30-2)23(14-17)31-3)29-15-18-7-8-21(20(25)13-18)32-19-5-4-11-27-16-19;/h4-9,11,13-14,16H,10,12,15H2,1-3H3,(H2,26,28,29);1H. The van der Waals surface area contributed by atoms with Crippen molar-refractivity contribution in [3.63, 3.8) is 0 Å². The number of halogens is 2. The molecule has 0 bridgehead atoms. The van der Waals surface area contributed by atoms with Crippen LogP contribution in [0, 0.1) is 5.82 Å². The summed E-state index contributed by atoms with van der Waals surface area (Å²) in [5.74, 6) is 2.22. The molecule has 0 fully saturated rings. The molecule has 1 aromatic heterocycles. The summed E-state index contributed by atoms with van der Waals surface area (Å²) in [6, 6.07) is 14.1. The average molecular weight is 566 g/mol. The van der Waals surface area contributed by atoms with Crippen molar-refractivity contribution in [3.05, 3.63) is 77.9 Å². The van der Waals surface area contributed by atoms with Gasteiger partial charge in [-0.2, -0.15) is 0 Å². The number of hydrogen-bond donors (Lipinski definition) is 2. The normalized spacial score (nSPS) is 10.7. The van der Waals surface area contributed by atoms with Gasteiger partial charge < -0.3 is 24.8 Å². The summed E-state index contributed by atoms with van der Waals surface area (Å²) >= 11 is 0. The van der Waals surface area contributed by atoms with Gasteiger partial charge in [-0.1, -0.05) is 12.1 Å². The molecule has 7 nitrogen and oxygen atoms in total. The molecule has 2 N–H and O–H groups in total. The van der Waals surface area contributed by atoms with Crippen LogP contribution in [0.1, 0.15) is 11.1 Å². The van der Waals surface area contributed by atoms with E-state index < -0.39 is 5.82 Å². The second-order valence-electron chi connectivity index (χ2n) is 6.85. The monoisotopic (exact) mass is 566 g/mol. The van der Waals surface area contributed by atoms with Crippen LogP contribution in [0.2, 0.25) is 0 Å². The first kappa shape index (κ1) is 26.2. The number of ether oxygens (including phenoxy) is 3. The van der Waals surface area contributed by atoms with Gasteiger partial charge >= 0.3 is 0 Å². The van der Waals surface area contributed by atoms with E-state index in [1.807, 2.05) is 18.2 Å². The first-order valence-corrected chi connectivity index (χ1v) is 10.1. The lowest BCUT2D eigenvalue weighted by atomic mass is 10.1. The minimum Gasteiger partial charge on any atom is -0.493 e. The molecule has 0 aliphatic carbocycles. The smallest absolute Gasteiger partial charge is 0.191 e. The molecule has 0 saturated carbocycles. The summed E-state index contributed by atoms with van der Waals surface area (Å²) < 4.78 is 30.5. The Morgan fingerprint density at radius 3 is 2.39 bits per heavy atom. The molecule has 33 heavy (non-hydrogen) atoms. The minimum absolute atomic E-state index is 0.